The van der Waals surface area contributed by atoms with Crippen LogP contribution in [0.1, 0.15) is 0 Å². The van der Waals surface area contributed by atoms with Crippen LogP contribution in [0, 0.1) is 5.82 Å². The number of thioether (sulfide) groups is 1. The molecule has 2 nitrogen and oxygen atoms in total. The van der Waals surface area contributed by atoms with Crippen molar-refractivity contribution in [1.29, 1.82) is 0 Å². The highest BCUT2D eigenvalue weighted by Crippen LogP contribution is 2.23. The average Bonchev–Trinajstić information content (AvgIpc) is 1.88. The molecule has 0 aliphatic carbocycles. The first-order chi connectivity index (χ1) is 4.75. The molecule has 1 heterocycles. The summed E-state index contributed by atoms with van der Waals surface area (Å²) in [5.74, 6) is -0.354. The van der Waals surface area contributed by atoms with E-state index in [9.17, 15) is 4.39 Å². The van der Waals surface area contributed by atoms with Crippen LogP contribution in [0.3, 0.4) is 0 Å². The van der Waals surface area contributed by atoms with Crippen molar-refractivity contribution >= 4 is 17.4 Å². The minimum Gasteiger partial charge on any atom is -0.396 e. The molecule has 0 fully saturated rings. The lowest BCUT2D eigenvalue weighted by Gasteiger charge is -2.00. The highest BCUT2D eigenvalue weighted by Gasteiger charge is 2.03. The average molecular weight is 158 g/mol. The minimum absolute atomic E-state index is 0.354. The van der Waals surface area contributed by atoms with Crippen molar-refractivity contribution in [3.05, 3.63) is 18.2 Å². The van der Waals surface area contributed by atoms with Gasteiger partial charge in [-0.15, -0.1) is 11.8 Å². The molecule has 0 spiro atoms. The van der Waals surface area contributed by atoms with Gasteiger partial charge in [0.15, 0.2) is 5.82 Å². The van der Waals surface area contributed by atoms with Gasteiger partial charge in [-0.05, 0) is 6.26 Å². The summed E-state index contributed by atoms with van der Waals surface area (Å²) >= 11 is 1.28. The maximum absolute atomic E-state index is 12.7. The van der Waals surface area contributed by atoms with Crippen LogP contribution in [0.15, 0.2) is 17.3 Å². The Morgan fingerprint density at radius 2 is 2.30 bits per heavy atom. The number of aromatic nitrogens is 1. The molecule has 4 heteroatoms. The van der Waals surface area contributed by atoms with E-state index in [0.717, 1.165) is 6.20 Å². The van der Waals surface area contributed by atoms with Gasteiger partial charge in [0.2, 0.25) is 0 Å². The number of hydrogen-bond acceptors (Lipinski definition) is 3. The van der Waals surface area contributed by atoms with Gasteiger partial charge in [0.1, 0.15) is 0 Å². The standard InChI is InChI=1S/C6H7FN2S/c1-10-6-4(7)2-9-3-5(6)8/h2-3H,8H2,1H3. The van der Waals surface area contributed by atoms with Crippen molar-refractivity contribution in [2.45, 2.75) is 4.90 Å². The molecular formula is C6H7FN2S. The lowest BCUT2D eigenvalue weighted by Crippen LogP contribution is -1.92. The number of nitrogen functional groups attached to an aromatic ring is 1. The zero-order valence-electron chi connectivity index (χ0n) is 5.47. The second-order valence-corrected chi connectivity index (χ2v) is 2.56. The topological polar surface area (TPSA) is 38.9 Å². The molecule has 0 aromatic carbocycles. The molecule has 54 valence electrons. The third-order valence-corrected chi connectivity index (χ3v) is 1.92. The third kappa shape index (κ3) is 1.21. The fourth-order valence-electron chi connectivity index (χ4n) is 0.654. The Balaban J connectivity index is 3.17. The quantitative estimate of drug-likeness (QED) is 0.630. The maximum Gasteiger partial charge on any atom is 0.157 e. The van der Waals surface area contributed by atoms with E-state index >= 15 is 0 Å². The van der Waals surface area contributed by atoms with E-state index in [-0.39, 0.29) is 5.82 Å². The Kier molecular flexibility index (Phi) is 2.11. The summed E-state index contributed by atoms with van der Waals surface area (Å²) < 4.78 is 12.7. The van der Waals surface area contributed by atoms with E-state index < -0.39 is 0 Å². The summed E-state index contributed by atoms with van der Waals surface area (Å²) in [6.45, 7) is 0. The van der Waals surface area contributed by atoms with Crippen LogP contribution in [0.5, 0.6) is 0 Å². The Morgan fingerprint density at radius 3 is 2.70 bits per heavy atom. The summed E-state index contributed by atoms with van der Waals surface area (Å²) in [5, 5.41) is 0. The summed E-state index contributed by atoms with van der Waals surface area (Å²) in [5.41, 5.74) is 5.80. The second kappa shape index (κ2) is 2.88. The number of rotatable bonds is 1. The van der Waals surface area contributed by atoms with Crippen LogP contribution in [0.2, 0.25) is 0 Å². The molecule has 0 unspecified atom stereocenters. The monoisotopic (exact) mass is 158 g/mol. The van der Waals surface area contributed by atoms with E-state index in [1.807, 2.05) is 0 Å². The number of hydrogen-bond donors (Lipinski definition) is 1. The summed E-state index contributed by atoms with van der Waals surface area (Å²) in [7, 11) is 0. The van der Waals surface area contributed by atoms with Gasteiger partial charge in [-0.3, -0.25) is 4.98 Å². The molecule has 0 amide bonds. The summed E-state index contributed by atoms with van der Waals surface area (Å²) in [6, 6.07) is 0. The van der Waals surface area contributed by atoms with Crippen LogP contribution in [-0.4, -0.2) is 11.2 Å². The number of halogens is 1. The maximum atomic E-state index is 12.7. The Bertz CT molecular complexity index is 219. The zero-order chi connectivity index (χ0) is 7.56. The number of nitrogens with zero attached hydrogens (tertiary/aromatic N) is 1. The molecule has 1 aromatic heterocycles. The highest BCUT2D eigenvalue weighted by molar-refractivity contribution is 7.98. The van der Waals surface area contributed by atoms with E-state index in [4.69, 9.17) is 5.73 Å². The van der Waals surface area contributed by atoms with Gasteiger partial charge < -0.3 is 5.73 Å². The van der Waals surface area contributed by atoms with Gasteiger partial charge in [-0.25, -0.2) is 4.39 Å². The van der Waals surface area contributed by atoms with E-state index in [0.29, 0.717) is 10.6 Å². The van der Waals surface area contributed by atoms with E-state index in [1.54, 1.807) is 6.26 Å². The van der Waals surface area contributed by atoms with Gasteiger partial charge in [-0.2, -0.15) is 0 Å². The molecule has 0 radical (unpaired) electrons. The largest absolute Gasteiger partial charge is 0.396 e. The predicted octanol–water partition coefficient (Wildman–Crippen LogP) is 1.52. The molecule has 10 heavy (non-hydrogen) atoms. The van der Waals surface area contributed by atoms with Crippen molar-refractivity contribution in [1.82, 2.24) is 4.98 Å². The molecule has 0 aliphatic heterocycles. The van der Waals surface area contributed by atoms with Gasteiger partial charge in [0, 0.05) is 0 Å². The first-order valence-corrected chi connectivity index (χ1v) is 3.91. The van der Waals surface area contributed by atoms with Crippen LogP contribution in [0.25, 0.3) is 0 Å². The minimum atomic E-state index is -0.354. The first-order valence-electron chi connectivity index (χ1n) is 2.68. The van der Waals surface area contributed by atoms with Crippen molar-refractivity contribution in [3.63, 3.8) is 0 Å². The molecule has 0 atom stereocenters. The molecule has 0 saturated carbocycles. The van der Waals surface area contributed by atoms with Gasteiger partial charge in [-0.1, -0.05) is 0 Å². The molecule has 0 aliphatic rings. The number of anilines is 1. The zero-order valence-corrected chi connectivity index (χ0v) is 6.28. The molecule has 0 saturated heterocycles. The first kappa shape index (κ1) is 7.34. The molecule has 0 bridgehead atoms. The van der Waals surface area contributed by atoms with Crippen LogP contribution in [-0.2, 0) is 0 Å². The number of pyridine rings is 1. The molecule has 1 rings (SSSR count). The second-order valence-electron chi connectivity index (χ2n) is 1.74. The van der Waals surface area contributed by atoms with Crippen molar-refractivity contribution in [2.75, 3.05) is 12.0 Å². The molecular weight excluding hydrogens is 151 g/mol. The normalized spacial score (nSPS) is 9.80. The summed E-state index contributed by atoms with van der Waals surface area (Å²) in [4.78, 5) is 4.05. The Labute approximate surface area is 62.6 Å². The van der Waals surface area contributed by atoms with Gasteiger partial charge in [0.25, 0.3) is 0 Å². The predicted molar refractivity (Wildman–Crippen MR) is 40.4 cm³/mol. The van der Waals surface area contributed by atoms with Crippen LogP contribution >= 0.6 is 11.8 Å². The molecule has 1 aromatic rings. The van der Waals surface area contributed by atoms with Crippen LogP contribution in [0.4, 0.5) is 10.1 Å². The van der Waals surface area contributed by atoms with Crippen molar-refractivity contribution in [3.8, 4) is 0 Å². The number of nitrogens with two attached hydrogens (primary N) is 1. The fourth-order valence-corrected chi connectivity index (χ4v) is 1.19. The SMILES string of the molecule is CSc1c(N)cncc1F. The van der Waals surface area contributed by atoms with Crippen molar-refractivity contribution in [2.24, 2.45) is 0 Å². The van der Waals surface area contributed by atoms with E-state index in [1.165, 1.54) is 18.0 Å². The lowest BCUT2D eigenvalue weighted by molar-refractivity contribution is 0.597. The van der Waals surface area contributed by atoms with Gasteiger partial charge >= 0.3 is 0 Å². The Hall–Kier alpha value is -0.770. The lowest BCUT2D eigenvalue weighted by atomic mass is 10.4. The third-order valence-electron chi connectivity index (χ3n) is 1.08. The highest BCUT2D eigenvalue weighted by atomic mass is 32.2. The van der Waals surface area contributed by atoms with Crippen LogP contribution < -0.4 is 5.73 Å². The Morgan fingerprint density at radius 1 is 1.60 bits per heavy atom. The smallest absolute Gasteiger partial charge is 0.157 e. The van der Waals surface area contributed by atoms with E-state index in [2.05, 4.69) is 4.98 Å². The summed E-state index contributed by atoms with van der Waals surface area (Å²) in [6.07, 6.45) is 4.37. The van der Waals surface area contributed by atoms with Gasteiger partial charge in [0.05, 0.1) is 23.0 Å². The fraction of sp³-hybridized carbons (Fsp3) is 0.167. The molecule has 2 N–H and O–H groups in total. The van der Waals surface area contributed by atoms with Crippen molar-refractivity contribution < 1.29 is 4.39 Å².